The third-order valence-corrected chi connectivity index (χ3v) is 10.5. The SMILES string of the molecule is Cl.Cn1cnc2ncn(Cc3nc(C4[C@H]5CN(C(=O)OC(C)(C)C)C[C@@H]45)no3)c(=O)c21.Cn1cnc2ncn(Cc3nc(C4[C@H]5CNC[C@@H]45)no3)c(=O)c21. The van der Waals surface area contributed by atoms with Gasteiger partial charge in [0, 0.05) is 39.0 Å². The van der Waals surface area contributed by atoms with Crippen LogP contribution in [0.1, 0.15) is 56.0 Å². The lowest BCUT2D eigenvalue weighted by atomic mass is 10.2. The number of amides is 1. The summed E-state index contributed by atoms with van der Waals surface area (Å²) >= 11 is 0. The average Bonchev–Trinajstić information content (AvgIpc) is 3.68. The standard InChI is InChI=1S/C19H23N7O4.C14H15N7O2.ClH/c1-19(2,3)29-18(28)25-5-10-11(6-25)13(10)15-22-12(30-23-15)7-26-9-21-16-14(17(26)27)24(4)8-20-16;1-20-5-16-13-11(20)14(22)21(6-17-13)4-9-18-12(19-23-9)10-7-2-15-3-8(7)10;/h8-11,13H,5-7H2,1-4H3;5-8,10,15H,2-4H2,1H3;1H/t10-,11+,13?;7-,8+,10?;. The Morgan fingerprint density at radius 2 is 1.20 bits per heavy atom. The maximum Gasteiger partial charge on any atom is 0.410 e. The van der Waals surface area contributed by atoms with Crippen molar-refractivity contribution in [2.75, 3.05) is 26.2 Å². The van der Waals surface area contributed by atoms with Crippen molar-refractivity contribution in [3.63, 3.8) is 0 Å². The topological polar surface area (TPSA) is 225 Å². The van der Waals surface area contributed by atoms with Crippen LogP contribution in [0.3, 0.4) is 0 Å². The first-order chi connectivity index (χ1) is 25.4. The van der Waals surface area contributed by atoms with E-state index in [9.17, 15) is 14.4 Å². The Kier molecular flexibility index (Phi) is 8.63. The molecule has 4 fully saturated rings. The van der Waals surface area contributed by atoms with E-state index in [1.807, 2.05) is 20.8 Å². The van der Waals surface area contributed by atoms with E-state index >= 15 is 0 Å². The molecule has 8 heterocycles. The van der Waals surface area contributed by atoms with Crippen molar-refractivity contribution in [3.05, 3.63) is 69.4 Å². The van der Waals surface area contributed by atoms with Crippen molar-refractivity contribution in [2.45, 2.75) is 51.3 Å². The van der Waals surface area contributed by atoms with Crippen LogP contribution in [0.2, 0.25) is 0 Å². The van der Waals surface area contributed by atoms with E-state index in [1.165, 1.54) is 21.8 Å². The van der Waals surface area contributed by atoms with Gasteiger partial charge in [-0.2, -0.15) is 9.97 Å². The Morgan fingerprint density at radius 1 is 0.759 bits per heavy atom. The Morgan fingerprint density at radius 3 is 1.67 bits per heavy atom. The Balaban J connectivity index is 0.000000155. The molecule has 6 atom stereocenters. The van der Waals surface area contributed by atoms with Crippen LogP contribution in [-0.4, -0.2) is 101 Å². The molecule has 0 aromatic carbocycles. The molecule has 2 aliphatic carbocycles. The molecule has 2 aliphatic heterocycles. The van der Waals surface area contributed by atoms with Gasteiger partial charge in [0.05, 0.1) is 12.7 Å². The van der Waals surface area contributed by atoms with Crippen LogP contribution in [-0.2, 0) is 31.9 Å². The highest BCUT2D eigenvalue weighted by atomic mass is 35.5. The zero-order chi connectivity index (χ0) is 36.8. The number of halogens is 1. The number of imidazole rings is 2. The van der Waals surface area contributed by atoms with Crippen LogP contribution < -0.4 is 16.4 Å². The molecule has 4 aliphatic rings. The van der Waals surface area contributed by atoms with Crippen LogP contribution in [0.15, 0.2) is 43.9 Å². The minimum Gasteiger partial charge on any atom is -0.444 e. The first-order valence-corrected chi connectivity index (χ1v) is 17.5. The van der Waals surface area contributed by atoms with E-state index < -0.39 is 5.60 Å². The first-order valence-electron chi connectivity index (χ1n) is 17.5. The fraction of sp³-hybridized carbons (Fsp3) is 0.545. The van der Waals surface area contributed by atoms with Crippen LogP contribution in [0, 0.1) is 23.7 Å². The highest BCUT2D eigenvalue weighted by molar-refractivity contribution is 5.85. The van der Waals surface area contributed by atoms with Gasteiger partial charge < -0.3 is 33.1 Å². The van der Waals surface area contributed by atoms with Crippen LogP contribution >= 0.6 is 12.4 Å². The number of nitrogens with zero attached hydrogens (tertiary/aromatic N) is 13. The number of ether oxygens (including phenoxy) is 1. The Hall–Kier alpha value is -5.50. The molecule has 0 bridgehead atoms. The molecule has 1 amide bonds. The van der Waals surface area contributed by atoms with E-state index in [0.717, 1.165) is 18.9 Å². The molecule has 10 rings (SSSR count). The highest BCUT2D eigenvalue weighted by Crippen LogP contribution is 2.57. The van der Waals surface area contributed by atoms with Gasteiger partial charge in [0.25, 0.3) is 11.1 Å². The number of carbonyl (C=O) groups excluding carboxylic acids is 1. The van der Waals surface area contributed by atoms with Gasteiger partial charge in [0.2, 0.25) is 11.8 Å². The fourth-order valence-electron chi connectivity index (χ4n) is 7.78. The summed E-state index contributed by atoms with van der Waals surface area (Å²) in [5, 5.41) is 11.5. The second-order valence-electron chi connectivity index (χ2n) is 15.3. The number of hydrogen-bond acceptors (Lipinski definition) is 15. The van der Waals surface area contributed by atoms with Crippen molar-refractivity contribution in [2.24, 2.45) is 37.8 Å². The van der Waals surface area contributed by atoms with E-state index in [-0.39, 0.29) is 48.6 Å². The van der Waals surface area contributed by atoms with Gasteiger partial charge in [0.15, 0.2) is 34.0 Å². The minimum atomic E-state index is -0.503. The molecular formula is C33H39ClN14O6. The summed E-state index contributed by atoms with van der Waals surface area (Å²) in [5.74, 6) is 4.67. The zero-order valence-electron chi connectivity index (χ0n) is 30.2. The maximum atomic E-state index is 12.6. The number of rotatable bonds is 6. The van der Waals surface area contributed by atoms with Gasteiger partial charge >= 0.3 is 6.09 Å². The van der Waals surface area contributed by atoms with Crippen LogP contribution in [0.4, 0.5) is 4.79 Å². The monoisotopic (exact) mass is 762 g/mol. The van der Waals surface area contributed by atoms with Gasteiger partial charge in [-0.3, -0.25) is 18.7 Å². The second kappa shape index (κ2) is 13.1. The second-order valence-corrected chi connectivity index (χ2v) is 15.3. The smallest absolute Gasteiger partial charge is 0.410 e. The minimum absolute atomic E-state index is 0. The number of aryl methyl sites for hydroxylation is 2. The quantitative estimate of drug-likeness (QED) is 0.250. The van der Waals surface area contributed by atoms with E-state index in [4.69, 9.17) is 13.8 Å². The zero-order valence-corrected chi connectivity index (χ0v) is 31.0. The molecule has 2 saturated carbocycles. The number of piperidine rings is 2. The summed E-state index contributed by atoms with van der Waals surface area (Å²) in [7, 11) is 3.52. The predicted octanol–water partition coefficient (Wildman–Crippen LogP) is 1.06. The van der Waals surface area contributed by atoms with E-state index in [2.05, 4.69) is 45.5 Å². The predicted molar refractivity (Wildman–Crippen MR) is 190 cm³/mol. The van der Waals surface area contributed by atoms with Crippen molar-refractivity contribution in [1.82, 2.24) is 68.7 Å². The number of hydrogen-bond donors (Lipinski definition) is 1. The molecule has 0 spiro atoms. The van der Waals surface area contributed by atoms with Crippen molar-refractivity contribution < 1.29 is 18.6 Å². The average molecular weight is 763 g/mol. The lowest BCUT2D eigenvalue weighted by Crippen LogP contribution is -2.36. The van der Waals surface area contributed by atoms with Crippen molar-refractivity contribution >= 4 is 40.8 Å². The molecule has 0 radical (unpaired) electrons. The molecule has 20 nitrogen and oxygen atoms in total. The van der Waals surface area contributed by atoms with E-state index in [0.29, 0.717) is 82.6 Å². The summed E-state index contributed by atoms with van der Waals surface area (Å²) < 4.78 is 22.3. The molecular weight excluding hydrogens is 724 g/mol. The summed E-state index contributed by atoms with van der Waals surface area (Å²) in [6.45, 7) is 9.27. The molecule has 2 unspecified atom stereocenters. The van der Waals surface area contributed by atoms with Gasteiger partial charge in [-0.15, -0.1) is 12.4 Å². The van der Waals surface area contributed by atoms with Gasteiger partial charge in [0.1, 0.15) is 31.3 Å². The summed E-state index contributed by atoms with van der Waals surface area (Å²) in [5.41, 5.74) is 0.866. The largest absolute Gasteiger partial charge is 0.444 e. The summed E-state index contributed by atoms with van der Waals surface area (Å²) in [4.78, 5) is 64.6. The number of aromatic nitrogens is 12. The van der Waals surface area contributed by atoms with Crippen molar-refractivity contribution in [1.29, 1.82) is 0 Å². The summed E-state index contributed by atoms with van der Waals surface area (Å²) in [6.07, 6.45) is 5.76. The fourth-order valence-corrected chi connectivity index (χ4v) is 7.78. The van der Waals surface area contributed by atoms with E-state index in [1.54, 1.807) is 40.8 Å². The lowest BCUT2D eigenvalue weighted by Gasteiger charge is -2.25. The molecule has 21 heteroatoms. The molecule has 54 heavy (non-hydrogen) atoms. The number of likely N-dealkylation sites (tertiary alicyclic amines) is 1. The molecule has 6 aromatic rings. The molecule has 1 N–H and O–H groups in total. The Labute approximate surface area is 312 Å². The van der Waals surface area contributed by atoms with Crippen LogP contribution in [0.25, 0.3) is 22.3 Å². The van der Waals surface area contributed by atoms with Gasteiger partial charge in [-0.05, 0) is 57.5 Å². The summed E-state index contributed by atoms with van der Waals surface area (Å²) in [6, 6.07) is 0. The third-order valence-electron chi connectivity index (χ3n) is 10.5. The third kappa shape index (κ3) is 6.31. The molecule has 284 valence electrons. The van der Waals surface area contributed by atoms with Gasteiger partial charge in [-0.1, -0.05) is 10.3 Å². The highest BCUT2D eigenvalue weighted by Gasteiger charge is 2.60. The molecule has 2 saturated heterocycles. The normalized spacial score (nSPS) is 23.8. The first kappa shape index (κ1) is 35.5. The maximum absolute atomic E-state index is 12.6. The van der Waals surface area contributed by atoms with Crippen LogP contribution in [0.5, 0.6) is 0 Å². The Bertz CT molecular complexity index is 2470. The lowest BCUT2D eigenvalue weighted by molar-refractivity contribution is 0.0270. The van der Waals surface area contributed by atoms with Crippen molar-refractivity contribution in [3.8, 4) is 0 Å². The number of nitrogens with one attached hydrogen (secondary N) is 1. The van der Waals surface area contributed by atoms with Gasteiger partial charge in [-0.25, -0.2) is 24.7 Å². The number of carbonyl (C=O) groups is 1. The molecule has 6 aromatic heterocycles. The number of fused-ring (bicyclic) bond motifs is 4.